The first-order valence-corrected chi connectivity index (χ1v) is 11.1. The van der Waals surface area contributed by atoms with Gasteiger partial charge in [-0.2, -0.15) is 5.26 Å². The highest BCUT2D eigenvalue weighted by atomic mass is 35.5. The number of nitrogens with two attached hydrogens (primary N) is 1. The summed E-state index contributed by atoms with van der Waals surface area (Å²) >= 11 is 6.54. The Kier molecular flexibility index (Phi) is 7.49. The van der Waals surface area contributed by atoms with Crippen molar-refractivity contribution in [3.05, 3.63) is 34.1 Å². The summed E-state index contributed by atoms with van der Waals surface area (Å²) in [6.45, 7) is 5.89. The highest BCUT2D eigenvalue weighted by Crippen LogP contribution is 2.43. The predicted octanol–water partition coefficient (Wildman–Crippen LogP) is 3.45. The van der Waals surface area contributed by atoms with Gasteiger partial charge >= 0.3 is 0 Å². The van der Waals surface area contributed by atoms with Crippen LogP contribution < -0.4 is 15.4 Å². The number of nitriles is 1. The Morgan fingerprint density at radius 2 is 2.06 bits per heavy atom. The molecule has 2 fully saturated rings. The molecule has 0 unspecified atom stereocenters. The van der Waals surface area contributed by atoms with Crippen LogP contribution in [0.2, 0.25) is 5.02 Å². The third-order valence-corrected chi connectivity index (χ3v) is 7.23. The molecule has 9 heteroatoms. The normalized spacial score (nSPS) is 21.5. The summed E-state index contributed by atoms with van der Waals surface area (Å²) in [5.74, 6) is 0.981. The molecule has 2 aliphatic heterocycles. The number of methoxy groups -OCH3 is 1. The Labute approximate surface area is 200 Å². The van der Waals surface area contributed by atoms with Crippen LogP contribution in [-0.2, 0) is 11.3 Å². The highest BCUT2D eigenvalue weighted by Gasteiger charge is 2.47. The maximum absolute atomic E-state index is 10.1. The molecule has 2 saturated heterocycles. The number of hydrogen-bond acceptors (Lipinski definition) is 8. The topological polar surface area (TPSA) is 118 Å². The van der Waals surface area contributed by atoms with Crippen molar-refractivity contribution < 1.29 is 14.6 Å². The van der Waals surface area contributed by atoms with Gasteiger partial charge < -0.3 is 25.2 Å². The minimum Gasteiger partial charge on any atom is -0.494 e. The van der Waals surface area contributed by atoms with Crippen LogP contribution in [0.3, 0.4) is 0 Å². The van der Waals surface area contributed by atoms with Gasteiger partial charge in [-0.3, -0.25) is 0 Å². The van der Waals surface area contributed by atoms with Crippen molar-refractivity contribution in [2.75, 3.05) is 31.7 Å². The lowest BCUT2D eigenvalue weighted by Gasteiger charge is -2.42. The molecule has 3 N–H and O–H groups in total. The van der Waals surface area contributed by atoms with Crippen molar-refractivity contribution in [3.63, 3.8) is 0 Å². The van der Waals surface area contributed by atoms with E-state index < -0.39 is 0 Å². The van der Waals surface area contributed by atoms with Gasteiger partial charge in [-0.15, -0.1) is 0 Å². The van der Waals surface area contributed by atoms with Gasteiger partial charge in [0.1, 0.15) is 11.8 Å². The summed E-state index contributed by atoms with van der Waals surface area (Å²) in [6.07, 6.45) is 1.89. The first kappa shape index (κ1) is 25.2. The van der Waals surface area contributed by atoms with E-state index in [-0.39, 0.29) is 31.6 Å². The summed E-state index contributed by atoms with van der Waals surface area (Å²) in [5, 5.41) is 19.7. The molecular weight excluding hydrogens is 442 g/mol. The van der Waals surface area contributed by atoms with Crippen molar-refractivity contribution in [1.82, 2.24) is 9.97 Å². The minimum absolute atomic E-state index is 0. The van der Waals surface area contributed by atoms with Crippen LogP contribution in [0.4, 0.5) is 5.82 Å². The number of aromatic nitrogens is 2. The van der Waals surface area contributed by atoms with E-state index in [0.717, 1.165) is 25.9 Å². The minimum atomic E-state index is -0.248. The van der Waals surface area contributed by atoms with Crippen LogP contribution in [-0.4, -0.2) is 54.0 Å². The summed E-state index contributed by atoms with van der Waals surface area (Å²) in [7, 11) is 1.47. The zero-order valence-corrected chi connectivity index (χ0v) is 19.3. The lowest BCUT2D eigenvalue weighted by Crippen LogP contribution is -2.51. The smallest absolute Gasteiger partial charge is 0.155 e. The monoisotopic (exact) mass is 473 g/mol. The summed E-state index contributed by atoms with van der Waals surface area (Å²) in [5.41, 5.74) is 9.12. The van der Waals surface area contributed by atoms with Crippen LogP contribution in [0.1, 0.15) is 44.1 Å². The maximum atomic E-state index is 10.1. The number of rotatable bonds is 4. The Morgan fingerprint density at radius 3 is 2.61 bits per heavy atom. The van der Waals surface area contributed by atoms with E-state index in [9.17, 15) is 10.4 Å². The number of halogens is 1. The molecule has 178 valence electrons. The fraction of sp³-hybridized carbons (Fsp3) is 0.542. The third-order valence-electron chi connectivity index (χ3n) is 6.85. The molecule has 1 aromatic carbocycles. The standard InChI is InChI=1S/C23H28ClN5O3.CH4/c1-13-19(16-5-4-15(10-25)20(31-3)18(16)24)28-17(11-30)22(27-13)29-8-6-23(7-9-29)12-32-14(2)21(23)26;/h4-5,14,21,30H,6-9,11-12,26H2,1-3H3;1H4/t14-,21+;/m0./s1. The number of ether oxygens (including phenoxy) is 2. The van der Waals surface area contributed by atoms with Crippen LogP contribution in [0.5, 0.6) is 5.75 Å². The predicted molar refractivity (Wildman–Crippen MR) is 128 cm³/mol. The molecule has 0 radical (unpaired) electrons. The lowest BCUT2D eigenvalue weighted by molar-refractivity contribution is 0.0973. The molecule has 8 nitrogen and oxygen atoms in total. The molecule has 0 bridgehead atoms. The molecule has 4 rings (SSSR count). The Hall–Kier alpha value is -2.44. The van der Waals surface area contributed by atoms with Crippen molar-refractivity contribution in [2.45, 2.75) is 52.9 Å². The summed E-state index contributed by atoms with van der Waals surface area (Å²) in [6, 6.07) is 5.48. The molecule has 1 spiro atoms. The van der Waals surface area contributed by atoms with E-state index in [4.69, 9.17) is 36.8 Å². The Bertz CT molecular complexity index is 1060. The van der Waals surface area contributed by atoms with Gasteiger partial charge in [0.05, 0.1) is 48.4 Å². The summed E-state index contributed by atoms with van der Waals surface area (Å²) < 4.78 is 11.1. The van der Waals surface area contributed by atoms with Gasteiger partial charge in [-0.05, 0) is 38.8 Å². The van der Waals surface area contributed by atoms with Crippen molar-refractivity contribution >= 4 is 17.4 Å². The SMILES string of the molecule is C.COc1c(C#N)ccc(-c2nc(CO)c(N3CCC4(CC3)CO[C@@H](C)[C@H]4N)nc2C)c1Cl. The van der Waals surface area contributed by atoms with E-state index >= 15 is 0 Å². The van der Waals surface area contributed by atoms with Crippen LogP contribution in [0.15, 0.2) is 12.1 Å². The first-order valence-electron chi connectivity index (χ1n) is 10.7. The number of nitrogens with zero attached hydrogens (tertiary/aromatic N) is 4. The van der Waals surface area contributed by atoms with E-state index in [0.29, 0.717) is 51.4 Å². The van der Waals surface area contributed by atoms with Gasteiger partial charge in [0.15, 0.2) is 11.6 Å². The van der Waals surface area contributed by atoms with Gasteiger partial charge in [0.2, 0.25) is 0 Å². The molecule has 2 aliphatic rings. The van der Waals surface area contributed by atoms with Gasteiger partial charge in [-0.1, -0.05) is 19.0 Å². The largest absolute Gasteiger partial charge is 0.494 e. The van der Waals surface area contributed by atoms with E-state index in [1.807, 2.05) is 13.8 Å². The second kappa shape index (κ2) is 9.82. The number of anilines is 1. The third kappa shape index (κ3) is 4.26. The highest BCUT2D eigenvalue weighted by molar-refractivity contribution is 6.35. The quantitative estimate of drug-likeness (QED) is 0.693. The average molecular weight is 474 g/mol. The number of hydrogen-bond donors (Lipinski definition) is 2. The first-order chi connectivity index (χ1) is 15.3. The van der Waals surface area contributed by atoms with Crippen molar-refractivity contribution in [1.29, 1.82) is 5.26 Å². The van der Waals surface area contributed by atoms with Gasteiger partial charge in [0, 0.05) is 30.1 Å². The fourth-order valence-corrected chi connectivity index (χ4v) is 5.15. The molecule has 0 saturated carbocycles. The molecule has 1 aromatic heterocycles. The maximum Gasteiger partial charge on any atom is 0.155 e. The zero-order valence-electron chi connectivity index (χ0n) is 18.6. The number of aryl methyl sites for hydroxylation is 1. The van der Waals surface area contributed by atoms with Crippen molar-refractivity contribution in [3.8, 4) is 23.1 Å². The van der Waals surface area contributed by atoms with E-state index in [1.165, 1.54) is 7.11 Å². The molecular formula is C24H32ClN5O3. The number of piperidine rings is 1. The fourth-order valence-electron chi connectivity index (χ4n) is 4.82. The zero-order chi connectivity index (χ0) is 23.0. The Morgan fingerprint density at radius 1 is 1.36 bits per heavy atom. The van der Waals surface area contributed by atoms with Crippen LogP contribution >= 0.6 is 11.6 Å². The van der Waals surface area contributed by atoms with E-state index in [2.05, 4.69) is 11.0 Å². The molecule has 3 heterocycles. The number of aliphatic hydroxyl groups excluding tert-OH is 1. The van der Waals surface area contributed by atoms with Gasteiger partial charge in [-0.25, -0.2) is 9.97 Å². The number of aliphatic hydroxyl groups is 1. The second-order valence-corrected chi connectivity index (χ2v) is 8.98. The lowest BCUT2D eigenvalue weighted by atomic mass is 9.73. The number of benzene rings is 1. The Balaban J connectivity index is 0.00000306. The summed E-state index contributed by atoms with van der Waals surface area (Å²) in [4.78, 5) is 11.7. The molecule has 2 atom stereocenters. The molecule has 2 aromatic rings. The van der Waals surface area contributed by atoms with Crippen LogP contribution in [0, 0.1) is 23.7 Å². The van der Waals surface area contributed by atoms with Crippen molar-refractivity contribution in [2.24, 2.45) is 11.1 Å². The molecule has 33 heavy (non-hydrogen) atoms. The van der Waals surface area contributed by atoms with Crippen LogP contribution in [0.25, 0.3) is 11.3 Å². The molecule has 0 amide bonds. The second-order valence-electron chi connectivity index (χ2n) is 8.60. The average Bonchev–Trinajstić information content (AvgIpc) is 3.08. The van der Waals surface area contributed by atoms with Gasteiger partial charge in [0.25, 0.3) is 0 Å². The molecule has 0 aliphatic carbocycles. The van der Waals surface area contributed by atoms with E-state index in [1.54, 1.807) is 12.1 Å².